The Balaban J connectivity index is 1.47. The van der Waals surface area contributed by atoms with Gasteiger partial charge in [-0.25, -0.2) is 0 Å². The van der Waals surface area contributed by atoms with Gasteiger partial charge in [0.1, 0.15) is 0 Å². The Hall–Kier alpha value is -0.630. The zero-order valence-electron chi connectivity index (χ0n) is 16.4. The van der Waals surface area contributed by atoms with Crippen molar-refractivity contribution in [1.82, 2.24) is 0 Å². The van der Waals surface area contributed by atoms with Crippen molar-refractivity contribution in [3.05, 3.63) is 12.2 Å². The zero-order chi connectivity index (χ0) is 17.7. The minimum atomic E-state index is -0.0785. The second-order valence-corrected chi connectivity index (χ2v) is 9.88. The lowest BCUT2D eigenvalue weighted by Gasteiger charge is -2.60. The standard InChI is InChI=1S/C23H36O2/c1-4-5-14-25-17-10-12-22(2)16(15-17)6-7-18-19-8-9-21(24)23(19,3)13-11-20(18)22/h8-9,16-20H,4-7,10-15H2,1-3H3/t16?,17-,18-,19?,20-,22-,23-/m0/s1. The average molecular weight is 345 g/mol. The minimum absolute atomic E-state index is 0.0785. The number of ether oxygens (including phenoxy) is 1. The van der Waals surface area contributed by atoms with Gasteiger partial charge in [0.15, 0.2) is 5.78 Å². The lowest BCUT2D eigenvalue weighted by Crippen LogP contribution is -2.54. The first kappa shape index (κ1) is 17.8. The van der Waals surface area contributed by atoms with Gasteiger partial charge in [-0.15, -0.1) is 0 Å². The fourth-order valence-electron chi connectivity index (χ4n) is 7.04. The molecule has 25 heavy (non-hydrogen) atoms. The molecule has 0 spiro atoms. The molecule has 0 N–H and O–H groups in total. The topological polar surface area (TPSA) is 26.3 Å². The van der Waals surface area contributed by atoms with E-state index in [1.54, 1.807) is 0 Å². The Morgan fingerprint density at radius 2 is 2.00 bits per heavy atom. The number of rotatable bonds is 4. The highest BCUT2D eigenvalue weighted by Crippen LogP contribution is 2.64. The molecule has 4 rings (SSSR count). The predicted molar refractivity (Wildman–Crippen MR) is 101 cm³/mol. The summed E-state index contributed by atoms with van der Waals surface area (Å²) in [7, 11) is 0. The highest BCUT2D eigenvalue weighted by molar-refractivity contribution is 5.97. The number of ketones is 1. The van der Waals surface area contributed by atoms with Gasteiger partial charge in [0.05, 0.1) is 6.10 Å². The Morgan fingerprint density at radius 3 is 2.80 bits per heavy atom. The largest absolute Gasteiger partial charge is 0.378 e. The predicted octanol–water partition coefficient (Wildman–Crippen LogP) is 5.56. The summed E-state index contributed by atoms with van der Waals surface area (Å²) in [5, 5.41) is 0. The van der Waals surface area contributed by atoms with E-state index in [0.29, 0.717) is 23.2 Å². The van der Waals surface area contributed by atoms with Crippen molar-refractivity contribution in [2.24, 2.45) is 34.5 Å². The molecule has 0 bridgehead atoms. The molecule has 2 nitrogen and oxygen atoms in total. The van der Waals surface area contributed by atoms with E-state index in [-0.39, 0.29) is 5.41 Å². The van der Waals surface area contributed by atoms with Crippen LogP contribution in [0.15, 0.2) is 12.2 Å². The Morgan fingerprint density at radius 1 is 1.16 bits per heavy atom. The highest BCUT2D eigenvalue weighted by atomic mass is 16.5. The van der Waals surface area contributed by atoms with E-state index in [1.807, 2.05) is 6.08 Å². The third kappa shape index (κ3) is 2.74. The maximum atomic E-state index is 12.4. The maximum absolute atomic E-state index is 12.4. The van der Waals surface area contributed by atoms with Gasteiger partial charge in [-0.05, 0) is 86.5 Å². The summed E-state index contributed by atoms with van der Waals surface area (Å²) in [6.45, 7) is 8.01. The second kappa shape index (κ2) is 6.51. The van der Waals surface area contributed by atoms with Crippen LogP contribution in [-0.2, 0) is 9.53 Å². The molecule has 0 aromatic heterocycles. The molecule has 3 saturated carbocycles. The molecule has 140 valence electrons. The number of allylic oxidation sites excluding steroid dienone is 2. The normalized spacial score (nSPS) is 48.8. The molecule has 0 saturated heterocycles. The summed E-state index contributed by atoms with van der Waals surface area (Å²) in [6.07, 6.45) is 16.0. The van der Waals surface area contributed by atoms with Gasteiger partial charge in [-0.3, -0.25) is 4.79 Å². The summed E-state index contributed by atoms with van der Waals surface area (Å²) in [4.78, 5) is 12.4. The first-order valence-corrected chi connectivity index (χ1v) is 10.8. The summed E-state index contributed by atoms with van der Waals surface area (Å²) in [5.41, 5.74) is 0.402. The fraction of sp³-hybridized carbons (Fsp3) is 0.870. The van der Waals surface area contributed by atoms with E-state index < -0.39 is 0 Å². The van der Waals surface area contributed by atoms with Crippen LogP contribution >= 0.6 is 0 Å². The van der Waals surface area contributed by atoms with Crippen LogP contribution in [0.25, 0.3) is 0 Å². The molecule has 3 fully saturated rings. The van der Waals surface area contributed by atoms with E-state index in [4.69, 9.17) is 4.74 Å². The smallest absolute Gasteiger partial charge is 0.161 e. The monoisotopic (exact) mass is 344 g/mol. The van der Waals surface area contributed by atoms with Gasteiger partial charge < -0.3 is 4.74 Å². The highest BCUT2D eigenvalue weighted by Gasteiger charge is 2.59. The number of hydrogen-bond donors (Lipinski definition) is 0. The van der Waals surface area contributed by atoms with E-state index in [0.717, 1.165) is 30.8 Å². The minimum Gasteiger partial charge on any atom is -0.378 e. The summed E-state index contributed by atoms with van der Waals surface area (Å²) < 4.78 is 6.20. The molecular weight excluding hydrogens is 308 g/mol. The van der Waals surface area contributed by atoms with E-state index in [1.165, 1.54) is 51.4 Å². The van der Waals surface area contributed by atoms with Gasteiger partial charge in [0, 0.05) is 12.0 Å². The quantitative estimate of drug-likeness (QED) is 0.624. The first-order chi connectivity index (χ1) is 12.0. The average Bonchev–Trinajstić information content (AvgIpc) is 2.90. The number of carbonyl (C=O) groups is 1. The first-order valence-electron chi connectivity index (χ1n) is 10.8. The molecule has 0 aromatic rings. The lowest BCUT2D eigenvalue weighted by atomic mass is 9.45. The molecule has 0 aliphatic heterocycles. The van der Waals surface area contributed by atoms with Crippen LogP contribution in [-0.4, -0.2) is 18.5 Å². The van der Waals surface area contributed by atoms with Crippen LogP contribution in [0.4, 0.5) is 0 Å². The molecule has 0 aromatic carbocycles. The van der Waals surface area contributed by atoms with Crippen molar-refractivity contribution in [1.29, 1.82) is 0 Å². The van der Waals surface area contributed by atoms with Gasteiger partial charge in [0.25, 0.3) is 0 Å². The van der Waals surface area contributed by atoms with Gasteiger partial charge in [-0.2, -0.15) is 0 Å². The Bertz CT molecular complexity index is 552. The van der Waals surface area contributed by atoms with Gasteiger partial charge in [-0.1, -0.05) is 33.3 Å². The maximum Gasteiger partial charge on any atom is 0.161 e. The Labute approximate surface area is 153 Å². The second-order valence-electron chi connectivity index (χ2n) is 9.88. The van der Waals surface area contributed by atoms with E-state index in [9.17, 15) is 4.79 Å². The summed E-state index contributed by atoms with van der Waals surface area (Å²) in [5.74, 6) is 3.29. The van der Waals surface area contributed by atoms with Crippen LogP contribution in [0.5, 0.6) is 0 Å². The number of hydrogen-bond acceptors (Lipinski definition) is 2. The fourth-order valence-corrected chi connectivity index (χ4v) is 7.04. The Kier molecular flexibility index (Phi) is 4.63. The zero-order valence-corrected chi connectivity index (χ0v) is 16.4. The van der Waals surface area contributed by atoms with Crippen molar-refractivity contribution in [2.75, 3.05) is 6.61 Å². The molecule has 7 atom stereocenters. The van der Waals surface area contributed by atoms with Crippen molar-refractivity contribution < 1.29 is 9.53 Å². The van der Waals surface area contributed by atoms with Crippen LogP contribution in [0.2, 0.25) is 0 Å². The molecule has 0 radical (unpaired) electrons. The molecule has 2 heteroatoms. The van der Waals surface area contributed by atoms with Crippen LogP contribution in [0.3, 0.4) is 0 Å². The molecule has 4 aliphatic rings. The van der Waals surface area contributed by atoms with Crippen molar-refractivity contribution in [3.8, 4) is 0 Å². The van der Waals surface area contributed by atoms with Crippen LogP contribution in [0, 0.1) is 34.5 Å². The third-order valence-corrected chi connectivity index (χ3v) is 8.74. The van der Waals surface area contributed by atoms with Crippen molar-refractivity contribution in [2.45, 2.75) is 84.7 Å². The van der Waals surface area contributed by atoms with Crippen molar-refractivity contribution >= 4 is 5.78 Å². The molecule has 0 amide bonds. The van der Waals surface area contributed by atoms with E-state index in [2.05, 4.69) is 26.8 Å². The summed E-state index contributed by atoms with van der Waals surface area (Å²) >= 11 is 0. The summed E-state index contributed by atoms with van der Waals surface area (Å²) in [6, 6.07) is 0. The molecule has 2 unspecified atom stereocenters. The van der Waals surface area contributed by atoms with Crippen LogP contribution < -0.4 is 0 Å². The number of carbonyl (C=O) groups excluding carboxylic acids is 1. The molecule has 0 heterocycles. The number of unbranched alkanes of at least 4 members (excludes halogenated alkanes) is 1. The molecule has 4 aliphatic carbocycles. The van der Waals surface area contributed by atoms with Crippen LogP contribution in [0.1, 0.15) is 78.6 Å². The molecular formula is C23H36O2. The lowest BCUT2D eigenvalue weighted by molar-refractivity contribution is -0.142. The van der Waals surface area contributed by atoms with Gasteiger partial charge in [0.2, 0.25) is 0 Å². The SMILES string of the molecule is CCCCO[C@H]1CC[C@@]2(C)C(CC[C@H]3C4C=CC(=O)[C@@]4(C)CC[C@@H]32)C1. The van der Waals surface area contributed by atoms with E-state index >= 15 is 0 Å². The number of fused-ring (bicyclic) bond motifs is 5. The third-order valence-electron chi connectivity index (χ3n) is 8.74. The van der Waals surface area contributed by atoms with Crippen molar-refractivity contribution in [3.63, 3.8) is 0 Å². The van der Waals surface area contributed by atoms with Gasteiger partial charge >= 0.3 is 0 Å².